The molecular weight excluding hydrogens is 224 g/mol. The molecule has 0 aliphatic rings. The van der Waals surface area contributed by atoms with Crippen molar-refractivity contribution in [3.05, 3.63) is 0 Å². The summed E-state index contributed by atoms with van der Waals surface area (Å²) in [6.45, 7) is 11.4. The van der Waals surface area contributed by atoms with Gasteiger partial charge in [-0.3, -0.25) is 4.99 Å². The van der Waals surface area contributed by atoms with Crippen LogP contribution in [0.15, 0.2) is 4.99 Å². The first-order chi connectivity index (χ1) is 8.60. The number of rotatable bonds is 8. The highest BCUT2D eigenvalue weighted by Gasteiger charge is 2.20. The molecule has 4 nitrogen and oxygen atoms in total. The molecule has 1 atom stereocenters. The molecule has 0 aliphatic heterocycles. The average Bonchev–Trinajstić information content (AvgIpc) is 2.34. The Kier molecular flexibility index (Phi) is 9.74. The number of aliphatic imine (C=N–C) groups is 1. The molecule has 0 aliphatic carbocycles. The molecule has 0 heterocycles. The molecule has 0 radical (unpaired) electrons. The van der Waals surface area contributed by atoms with Gasteiger partial charge < -0.3 is 15.5 Å². The highest BCUT2D eigenvalue weighted by Crippen LogP contribution is 2.17. The lowest BCUT2D eigenvalue weighted by molar-refractivity contribution is 0.206. The summed E-state index contributed by atoms with van der Waals surface area (Å²) < 4.78 is 0. The van der Waals surface area contributed by atoms with Gasteiger partial charge in [-0.15, -0.1) is 0 Å². The molecule has 18 heavy (non-hydrogen) atoms. The van der Waals surface area contributed by atoms with Crippen molar-refractivity contribution in [3.63, 3.8) is 0 Å². The molecule has 0 saturated heterocycles. The number of nitrogens with zero attached hydrogens (tertiary/aromatic N) is 2. The van der Waals surface area contributed by atoms with Crippen LogP contribution in [0, 0.1) is 5.92 Å². The first-order valence-corrected chi connectivity index (χ1v) is 7.29. The summed E-state index contributed by atoms with van der Waals surface area (Å²) in [7, 11) is 4.30. The molecule has 0 rings (SSSR count). The van der Waals surface area contributed by atoms with Gasteiger partial charge in [0.25, 0.3) is 0 Å². The van der Waals surface area contributed by atoms with Gasteiger partial charge in [0.1, 0.15) is 0 Å². The average molecular weight is 256 g/mol. The molecule has 0 aromatic rings. The fourth-order valence-electron chi connectivity index (χ4n) is 2.26. The van der Waals surface area contributed by atoms with Crippen molar-refractivity contribution in [1.82, 2.24) is 15.5 Å². The van der Waals surface area contributed by atoms with Crippen LogP contribution in [0.3, 0.4) is 0 Å². The highest BCUT2D eigenvalue weighted by molar-refractivity contribution is 5.79. The van der Waals surface area contributed by atoms with Gasteiger partial charge in [0.05, 0.1) is 6.54 Å². The summed E-state index contributed by atoms with van der Waals surface area (Å²) >= 11 is 0. The molecule has 2 N–H and O–H groups in total. The Morgan fingerprint density at radius 1 is 1.00 bits per heavy atom. The predicted molar refractivity (Wildman–Crippen MR) is 81.2 cm³/mol. The van der Waals surface area contributed by atoms with Crippen LogP contribution >= 0.6 is 0 Å². The third-order valence-corrected chi connectivity index (χ3v) is 3.38. The second kappa shape index (κ2) is 10.2. The zero-order valence-electron chi connectivity index (χ0n) is 13.1. The Morgan fingerprint density at radius 3 is 1.83 bits per heavy atom. The lowest BCUT2D eigenvalue weighted by atomic mass is 9.93. The molecule has 0 bridgehead atoms. The maximum absolute atomic E-state index is 4.69. The van der Waals surface area contributed by atoms with Crippen LogP contribution in [0.4, 0.5) is 0 Å². The van der Waals surface area contributed by atoms with Crippen LogP contribution < -0.4 is 10.6 Å². The van der Waals surface area contributed by atoms with E-state index in [2.05, 4.69) is 57.3 Å². The van der Waals surface area contributed by atoms with E-state index in [-0.39, 0.29) is 0 Å². The van der Waals surface area contributed by atoms with Gasteiger partial charge in [-0.2, -0.15) is 0 Å². The molecule has 0 amide bonds. The number of likely N-dealkylation sites (N-methyl/N-ethyl adjacent to an activating group) is 1. The van der Waals surface area contributed by atoms with Crippen LogP contribution in [-0.2, 0) is 0 Å². The zero-order valence-corrected chi connectivity index (χ0v) is 13.1. The van der Waals surface area contributed by atoms with Gasteiger partial charge in [-0.05, 0) is 33.9 Å². The van der Waals surface area contributed by atoms with Gasteiger partial charge in [-0.1, -0.05) is 26.7 Å². The Hall–Kier alpha value is -0.770. The van der Waals surface area contributed by atoms with E-state index in [1.165, 1.54) is 12.8 Å². The van der Waals surface area contributed by atoms with E-state index in [9.17, 15) is 0 Å². The van der Waals surface area contributed by atoms with E-state index in [1.54, 1.807) is 0 Å². The van der Waals surface area contributed by atoms with E-state index in [4.69, 9.17) is 4.99 Å². The largest absolute Gasteiger partial charge is 0.357 e. The van der Waals surface area contributed by atoms with Crippen molar-refractivity contribution < 1.29 is 0 Å². The Labute approximate surface area is 113 Å². The molecule has 0 spiro atoms. The normalized spacial score (nSPS) is 12.7. The van der Waals surface area contributed by atoms with Gasteiger partial charge in [0, 0.05) is 19.1 Å². The third kappa shape index (κ3) is 6.24. The van der Waals surface area contributed by atoms with Crippen LogP contribution in [0.2, 0.25) is 0 Å². The second-order valence-electron chi connectivity index (χ2n) is 4.86. The first kappa shape index (κ1) is 17.2. The van der Waals surface area contributed by atoms with E-state index in [0.717, 1.165) is 25.6 Å². The van der Waals surface area contributed by atoms with Crippen molar-refractivity contribution in [2.75, 3.05) is 33.7 Å². The quantitative estimate of drug-likeness (QED) is 0.515. The summed E-state index contributed by atoms with van der Waals surface area (Å²) in [5.41, 5.74) is 0. The topological polar surface area (TPSA) is 39.7 Å². The molecular formula is C14H32N4. The molecule has 0 aromatic carbocycles. The molecule has 108 valence electrons. The Balaban J connectivity index is 4.59. The highest BCUT2D eigenvalue weighted by atomic mass is 15.2. The molecule has 4 heteroatoms. The summed E-state index contributed by atoms with van der Waals surface area (Å²) in [6, 6.07) is 0.521. The monoisotopic (exact) mass is 256 g/mol. The van der Waals surface area contributed by atoms with Gasteiger partial charge in [0.2, 0.25) is 0 Å². The van der Waals surface area contributed by atoms with Gasteiger partial charge >= 0.3 is 0 Å². The van der Waals surface area contributed by atoms with Crippen LogP contribution in [0.25, 0.3) is 0 Å². The first-order valence-electron chi connectivity index (χ1n) is 7.29. The molecule has 1 unspecified atom stereocenters. The van der Waals surface area contributed by atoms with Crippen LogP contribution in [-0.4, -0.2) is 50.6 Å². The maximum atomic E-state index is 4.69. The third-order valence-electron chi connectivity index (χ3n) is 3.38. The van der Waals surface area contributed by atoms with E-state index in [1.807, 2.05) is 0 Å². The summed E-state index contributed by atoms with van der Waals surface area (Å²) in [4.78, 5) is 7.00. The van der Waals surface area contributed by atoms with Crippen LogP contribution in [0.1, 0.15) is 40.5 Å². The maximum Gasteiger partial charge on any atom is 0.191 e. The Bertz CT molecular complexity index is 214. The van der Waals surface area contributed by atoms with Crippen LogP contribution in [0.5, 0.6) is 0 Å². The molecule has 0 fully saturated rings. The lowest BCUT2D eigenvalue weighted by Crippen LogP contribution is -2.41. The summed E-state index contributed by atoms with van der Waals surface area (Å²) in [5.74, 6) is 1.64. The van der Waals surface area contributed by atoms with Crippen molar-refractivity contribution in [1.29, 1.82) is 0 Å². The SMILES string of the molecule is CCNC(=NCC(C(CC)CC)N(C)C)NCC. The number of guanidine groups is 1. The van der Waals surface area contributed by atoms with Crippen molar-refractivity contribution in [2.45, 2.75) is 46.6 Å². The van der Waals surface area contributed by atoms with Gasteiger partial charge in [-0.25, -0.2) is 0 Å². The predicted octanol–water partition coefficient (Wildman–Crippen LogP) is 1.93. The minimum absolute atomic E-state index is 0.521. The minimum Gasteiger partial charge on any atom is -0.357 e. The fraction of sp³-hybridized carbons (Fsp3) is 0.929. The second-order valence-corrected chi connectivity index (χ2v) is 4.86. The minimum atomic E-state index is 0.521. The van der Waals surface area contributed by atoms with Crippen molar-refractivity contribution >= 4 is 5.96 Å². The van der Waals surface area contributed by atoms with Crippen molar-refractivity contribution in [2.24, 2.45) is 10.9 Å². The fourth-order valence-corrected chi connectivity index (χ4v) is 2.26. The summed E-state index contributed by atoms with van der Waals surface area (Å²) in [6.07, 6.45) is 2.43. The summed E-state index contributed by atoms with van der Waals surface area (Å²) in [5, 5.41) is 6.55. The Morgan fingerprint density at radius 2 is 1.50 bits per heavy atom. The number of nitrogens with one attached hydrogen (secondary N) is 2. The van der Waals surface area contributed by atoms with E-state index >= 15 is 0 Å². The van der Waals surface area contributed by atoms with Crippen molar-refractivity contribution in [3.8, 4) is 0 Å². The van der Waals surface area contributed by atoms with E-state index < -0.39 is 0 Å². The van der Waals surface area contributed by atoms with Gasteiger partial charge in [0.15, 0.2) is 5.96 Å². The van der Waals surface area contributed by atoms with E-state index in [0.29, 0.717) is 12.0 Å². The number of hydrogen-bond donors (Lipinski definition) is 2. The zero-order chi connectivity index (χ0) is 14.0. The smallest absolute Gasteiger partial charge is 0.191 e. The number of hydrogen-bond acceptors (Lipinski definition) is 2. The lowest BCUT2D eigenvalue weighted by Gasteiger charge is -2.30. The standard InChI is InChI=1S/C14H32N4/c1-7-12(8-2)13(18(5)6)11-17-14(15-9-3)16-10-4/h12-13H,7-11H2,1-6H3,(H2,15,16,17). The molecule has 0 aromatic heterocycles. The molecule has 0 saturated carbocycles.